The molecule has 2 aromatic carbocycles. The highest BCUT2D eigenvalue weighted by Crippen LogP contribution is 2.35. The number of fused-ring (bicyclic) bond motifs is 1. The maximum Gasteiger partial charge on any atom is 0.252 e. The molecular formula is C24H20ClFN4O3S. The molecule has 1 aliphatic carbocycles. The molecule has 174 valence electrons. The van der Waals surface area contributed by atoms with Crippen molar-refractivity contribution in [2.45, 2.75) is 12.8 Å². The molecule has 0 aliphatic heterocycles. The second kappa shape index (κ2) is 10.1. The van der Waals surface area contributed by atoms with Crippen molar-refractivity contribution in [3.05, 3.63) is 76.9 Å². The van der Waals surface area contributed by atoms with Gasteiger partial charge in [0.15, 0.2) is 5.11 Å². The van der Waals surface area contributed by atoms with Gasteiger partial charge in [0.05, 0.1) is 34.6 Å². The van der Waals surface area contributed by atoms with Crippen molar-refractivity contribution in [1.82, 2.24) is 10.3 Å². The number of allylic oxidation sites excluding steroid dienone is 3. The van der Waals surface area contributed by atoms with Crippen molar-refractivity contribution in [2.24, 2.45) is 5.73 Å². The molecule has 1 aromatic heterocycles. The first-order valence-electron chi connectivity index (χ1n) is 10.2. The van der Waals surface area contributed by atoms with Gasteiger partial charge < -0.3 is 25.8 Å². The molecule has 34 heavy (non-hydrogen) atoms. The lowest BCUT2D eigenvalue weighted by Gasteiger charge is -2.16. The number of methoxy groups -OCH3 is 1. The number of pyridine rings is 1. The highest BCUT2D eigenvalue weighted by molar-refractivity contribution is 7.80. The molecule has 0 bridgehead atoms. The maximum absolute atomic E-state index is 13.9. The number of benzene rings is 2. The van der Waals surface area contributed by atoms with Crippen molar-refractivity contribution in [2.75, 3.05) is 12.4 Å². The van der Waals surface area contributed by atoms with Gasteiger partial charge in [0, 0.05) is 30.1 Å². The SMILES string of the molecule is COc1cc2nccc(Oc3ccc(NC(=S)NC4=C(F)CCC=C4)c(Cl)c3)c2cc1C(N)=O. The summed E-state index contributed by atoms with van der Waals surface area (Å²) in [7, 11) is 1.45. The molecular weight excluding hydrogens is 479 g/mol. The number of carbonyl (C=O) groups is 1. The Morgan fingerprint density at radius 2 is 2.03 bits per heavy atom. The molecule has 1 amide bonds. The van der Waals surface area contributed by atoms with Gasteiger partial charge in [-0.3, -0.25) is 9.78 Å². The number of halogens is 2. The molecule has 0 atom stereocenters. The zero-order chi connectivity index (χ0) is 24.2. The number of nitrogens with zero attached hydrogens (tertiary/aromatic N) is 1. The number of ether oxygens (including phenoxy) is 2. The van der Waals surface area contributed by atoms with Gasteiger partial charge in [-0.15, -0.1) is 0 Å². The second-order valence-corrected chi connectivity index (χ2v) is 8.14. The number of carbonyl (C=O) groups excluding carboxylic acids is 1. The van der Waals surface area contributed by atoms with Crippen LogP contribution in [0.5, 0.6) is 17.2 Å². The number of anilines is 1. The van der Waals surface area contributed by atoms with Crippen LogP contribution in [-0.2, 0) is 0 Å². The van der Waals surface area contributed by atoms with Crippen LogP contribution in [-0.4, -0.2) is 23.1 Å². The van der Waals surface area contributed by atoms with Crippen molar-refractivity contribution in [3.8, 4) is 17.2 Å². The Morgan fingerprint density at radius 3 is 2.74 bits per heavy atom. The largest absolute Gasteiger partial charge is 0.496 e. The summed E-state index contributed by atoms with van der Waals surface area (Å²) in [5.41, 5.74) is 7.11. The predicted octanol–water partition coefficient (Wildman–Crippen LogP) is 5.61. The van der Waals surface area contributed by atoms with Gasteiger partial charge in [-0.25, -0.2) is 4.39 Å². The van der Waals surface area contributed by atoms with Crippen LogP contribution >= 0.6 is 23.8 Å². The first-order chi connectivity index (χ1) is 16.4. The van der Waals surface area contributed by atoms with Gasteiger partial charge >= 0.3 is 0 Å². The Balaban J connectivity index is 1.54. The number of nitrogens with two attached hydrogens (primary N) is 1. The summed E-state index contributed by atoms with van der Waals surface area (Å²) < 4.78 is 25.2. The van der Waals surface area contributed by atoms with E-state index < -0.39 is 5.91 Å². The molecule has 0 spiro atoms. The summed E-state index contributed by atoms with van der Waals surface area (Å²) >= 11 is 11.7. The van der Waals surface area contributed by atoms with Crippen molar-refractivity contribution < 1.29 is 18.7 Å². The fourth-order valence-corrected chi connectivity index (χ4v) is 3.85. The van der Waals surface area contributed by atoms with Gasteiger partial charge in [0.1, 0.15) is 23.1 Å². The molecule has 1 aliphatic rings. The van der Waals surface area contributed by atoms with Gasteiger partial charge in [0.25, 0.3) is 5.91 Å². The number of rotatable bonds is 6. The van der Waals surface area contributed by atoms with E-state index in [1.807, 2.05) is 6.08 Å². The average Bonchev–Trinajstić information content (AvgIpc) is 2.81. The molecule has 4 rings (SSSR count). The summed E-state index contributed by atoms with van der Waals surface area (Å²) in [4.78, 5) is 16.1. The summed E-state index contributed by atoms with van der Waals surface area (Å²) in [5.74, 6) is 0.351. The van der Waals surface area contributed by atoms with E-state index in [9.17, 15) is 9.18 Å². The van der Waals surface area contributed by atoms with E-state index in [4.69, 9.17) is 39.0 Å². The first kappa shape index (κ1) is 23.5. The minimum absolute atomic E-state index is 0.209. The van der Waals surface area contributed by atoms with E-state index >= 15 is 0 Å². The molecule has 1 heterocycles. The maximum atomic E-state index is 13.9. The van der Waals surface area contributed by atoms with Crippen LogP contribution in [0, 0.1) is 0 Å². The molecule has 0 saturated carbocycles. The molecule has 0 fully saturated rings. The number of hydrogen-bond acceptors (Lipinski definition) is 5. The van der Waals surface area contributed by atoms with Crippen LogP contribution < -0.4 is 25.8 Å². The Hall–Kier alpha value is -3.69. The Bertz CT molecular complexity index is 1360. The smallest absolute Gasteiger partial charge is 0.252 e. The monoisotopic (exact) mass is 498 g/mol. The molecule has 10 heteroatoms. The van der Waals surface area contributed by atoms with Gasteiger partial charge in [-0.05, 0) is 49.0 Å². The molecule has 0 unspecified atom stereocenters. The Kier molecular flexibility index (Phi) is 6.95. The summed E-state index contributed by atoms with van der Waals surface area (Å²) in [6.07, 6.45) is 6.11. The predicted molar refractivity (Wildman–Crippen MR) is 134 cm³/mol. The van der Waals surface area contributed by atoms with Crippen LogP contribution in [0.4, 0.5) is 10.1 Å². The number of nitrogens with one attached hydrogen (secondary N) is 2. The minimum Gasteiger partial charge on any atom is -0.496 e. The molecule has 3 aromatic rings. The fourth-order valence-electron chi connectivity index (χ4n) is 3.41. The zero-order valence-electron chi connectivity index (χ0n) is 18.0. The van der Waals surface area contributed by atoms with Crippen molar-refractivity contribution in [1.29, 1.82) is 0 Å². The Morgan fingerprint density at radius 1 is 1.21 bits per heavy atom. The molecule has 0 saturated heterocycles. The zero-order valence-corrected chi connectivity index (χ0v) is 19.6. The first-order valence-corrected chi connectivity index (χ1v) is 11.0. The summed E-state index contributed by atoms with van der Waals surface area (Å²) in [6, 6.07) is 9.86. The van der Waals surface area contributed by atoms with Crippen molar-refractivity contribution >= 4 is 51.4 Å². The third-order valence-electron chi connectivity index (χ3n) is 5.06. The van der Waals surface area contributed by atoms with Gasteiger partial charge in [-0.2, -0.15) is 0 Å². The van der Waals surface area contributed by atoms with E-state index in [2.05, 4.69) is 15.6 Å². The summed E-state index contributed by atoms with van der Waals surface area (Å²) in [5, 5.41) is 6.92. The number of primary amides is 1. The minimum atomic E-state index is -0.629. The van der Waals surface area contributed by atoms with Gasteiger partial charge in [-0.1, -0.05) is 17.7 Å². The quantitative estimate of drug-likeness (QED) is 0.380. The normalized spacial score (nSPS) is 13.0. The van der Waals surface area contributed by atoms with Crippen LogP contribution in [0.15, 0.2) is 66.3 Å². The third-order valence-corrected chi connectivity index (χ3v) is 5.58. The van der Waals surface area contributed by atoms with Crippen LogP contribution in [0.2, 0.25) is 5.02 Å². The lowest BCUT2D eigenvalue weighted by molar-refractivity contribution is 0.0997. The van der Waals surface area contributed by atoms with E-state index in [1.54, 1.807) is 48.7 Å². The lowest BCUT2D eigenvalue weighted by atomic mass is 10.1. The standard InChI is InChI=1S/C24H20ClFN4O3S/c1-32-22-12-20-14(11-15(22)23(27)31)21(8-9-28-20)33-13-6-7-18(16(25)10-13)29-24(34)30-19-5-3-2-4-17(19)26/h3,5-12H,2,4H2,1H3,(H2,27,31)(H2,29,30,34). The highest BCUT2D eigenvalue weighted by Gasteiger charge is 2.15. The highest BCUT2D eigenvalue weighted by atomic mass is 35.5. The lowest BCUT2D eigenvalue weighted by Crippen LogP contribution is -2.28. The van der Waals surface area contributed by atoms with Crippen LogP contribution in [0.3, 0.4) is 0 Å². The number of thiocarbonyl (C=S) groups is 1. The average molecular weight is 499 g/mol. The second-order valence-electron chi connectivity index (χ2n) is 7.33. The molecule has 4 N–H and O–H groups in total. The Labute approximate surface area is 205 Å². The van der Waals surface area contributed by atoms with E-state index in [1.165, 1.54) is 7.11 Å². The molecule has 7 nitrogen and oxygen atoms in total. The van der Waals surface area contributed by atoms with Crippen LogP contribution in [0.25, 0.3) is 10.9 Å². The van der Waals surface area contributed by atoms with Crippen LogP contribution in [0.1, 0.15) is 23.2 Å². The molecule has 0 radical (unpaired) electrons. The van der Waals surface area contributed by atoms with Gasteiger partial charge in [0.2, 0.25) is 0 Å². The van der Waals surface area contributed by atoms with E-state index in [0.29, 0.717) is 57.4 Å². The number of aromatic nitrogens is 1. The number of amides is 1. The van der Waals surface area contributed by atoms with Crippen molar-refractivity contribution in [3.63, 3.8) is 0 Å². The van der Waals surface area contributed by atoms with E-state index in [0.717, 1.165) is 0 Å². The summed E-state index contributed by atoms with van der Waals surface area (Å²) in [6.45, 7) is 0. The fraction of sp³-hybridized carbons (Fsp3) is 0.125. The number of hydrogen-bond donors (Lipinski definition) is 3. The topological polar surface area (TPSA) is 98.5 Å². The van der Waals surface area contributed by atoms with E-state index in [-0.39, 0.29) is 16.5 Å². The third kappa shape index (κ3) is 5.11.